The minimum absolute atomic E-state index is 0.421. The summed E-state index contributed by atoms with van der Waals surface area (Å²) in [6, 6.07) is 12.7. The van der Waals surface area contributed by atoms with E-state index in [1.165, 1.54) is 12.1 Å². The van der Waals surface area contributed by atoms with Gasteiger partial charge in [0.2, 0.25) is 0 Å². The van der Waals surface area contributed by atoms with E-state index < -0.39 is 11.7 Å². The topological polar surface area (TPSA) is 29.3 Å². The Morgan fingerprint density at radius 2 is 1.71 bits per heavy atom. The second-order valence-electron chi connectivity index (χ2n) is 4.80. The zero-order valence-corrected chi connectivity index (χ0v) is 11.7. The Bertz CT molecular complexity index is 591. The fraction of sp³-hybridized carbons (Fsp3) is 0.250. The molecule has 2 rings (SSSR count). The normalized spacial score (nSPS) is 11.4. The first-order valence-electron chi connectivity index (χ1n) is 6.67. The summed E-state index contributed by atoms with van der Waals surface area (Å²) in [5, 5.41) is 0. The molecule has 0 unspecified atom stereocenters. The average molecular weight is 294 g/mol. The molecule has 0 saturated heterocycles. The number of hydrogen-bond donors (Lipinski definition) is 1. The summed E-state index contributed by atoms with van der Waals surface area (Å²) >= 11 is 0. The van der Waals surface area contributed by atoms with Gasteiger partial charge in [-0.25, -0.2) is 0 Å². The molecule has 0 saturated carbocycles. The molecule has 0 aliphatic rings. The van der Waals surface area contributed by atoms with Crippen molar-refractivity contribution in [2.24, 2.45) is 0 Å². The number of nitrogens with two attached hydrogens (primary N) is 1. The van der Waals surface area contributed by atoms with Crippen LogP contribution < -0.4 is 10.6 Å². The molecule has 2 aromatic carbocycles. The quantitative estimate of drug-likeness (QED) is 0.851. The van der Waals surface area contributed by atoms with E-state index in [2.05, 4.69) is 0 Å². The molecule has 0 heterocycles. The first kappa shape index (κ1) is 15.2. The Labute approximate surface area is 122 Å². The van der Waals surface area contributed by atoms with Gasteiger partial charge in [-0.15, -0.1) is 0 Å². The van der Waals surface area contributed by atoms with E-state index in [1.807, 2.05) is 24.0 Å². The third kappa shape index (κ3) is 3.90. The van der Waals surface area contributed by atoms with Gasteiger partial charge in [0.25, 0.3) is 0 Å². The van der Waals surface area contributed by atoms with Crippen LogP contribution in [0.5, 0.6) is 0 Å². The number of nitrogen functional groups attached to an aromatic ring is 1. The molecule has 0 spiro atoms. The predicted molar refractivity (Wildman–Crippen MR) is 79.0 cm³/mol. The van der Waals surface area contributed by atoms with Crippen LogP contribution >= 0.6 is 0 Å². The lowest BCUT2D eigenvalue weighted by atomic mass is 10.1. The standard InChI is InChI=1S/C16H17F3N2/c1-2-21(15-8-6-14(20)7-9-15)11-12-4-3-5-13(10-12)16(17,18)19/h3-10H,2,11,20H2,1H3. The van der Waals surface area contributed by atoms with Crippen molar-refractivity contribution in [1.82, 2.24) is 0 Å². The smallest absolute Gasteiger partial charge is 0.399 e. The summed E-state index contributed by atoms with van der Waals surface area (Å²) < 4.78 is 38.2. The van der Waals surface area contributed by atoms with E-state index in [0.717, 1.165) is 11.8 Å². The van der Waals surface area contributed by atoms with Crippen molar-refractivity contribution in [2.45, 2.75) is 19.6 Å². The number of benzene rings is 2. The molecule has 21 heavy (non-hydrogen) atoms. The van der Waals surface area contributed by atoms with Crippen molar-refractivity contribution in [3.63, 3.8) is 0 Å². The van der Waals surface area contributed by atoms with Crippen LogP contribution in [0.2, 0.25) is 0 Å². The highest BCUT2D eigenvalue weighted by molar-refractivity contribution is 5.53. The van der Waals surface area contributed by atoms with Crippen LogP contribution in [0, 0.1) is 0 Å². The van der Waals surface area contributed by atoms with E-state index in [4.69, 9.17) is 5.73 Å². The third-order valence-electron chi connectivity index (χ3n) is 3.27. The molecule has 0 aromatic heterocycles. The lowest BCUT2D eigenvalue weighted by Gasteiger charge is -2.23. The molecule has 0 radical (unpaired) electrons. The van der Waals surface area contributed by atoms with Gasteiger partial charge in [0.15, 0.2) is 0 Å². The summed E-state index contributed by atoms with van der Waals surface area (Å²) in [6.45, 7) is 3.08. The monoisotopic (exact) mass is 294 g/mol. The Morgan fingerprint density at radius 1 is 1.05 bits per heavy atom. The van der Waals surface area contributed by atoms with E-state index >= 15 is 0 Å². The lowest BCUT2D eigenvalue weighted by Crippen LogP contribution is -2.22. The fourth-order valence-electron chi connectivity index (χ4n) is 2.14. The highest BCUT2D eigenvalue weighted by Gasteiger charge is 2.30. The number of rotatable bonds is 4. The number of anilines is 2. The Hall–Kier alpha value is -2.17. The van der Waals surface area contributed by atoms with Gasteiger partial charge in [-0.05, 0) is 48.9 Å². The molecular formula is C16H17F3N2. The van der Waals surface area contributed by atoms with Crippen molar-refractivity contribution in [3.05, 3.63) is 59.7 Å². The molecule has 0 aliphatic carbocycles. The van der Waals surface area contributed by atoms with Gasteiger partial charge in [-0.3, -0.25) is 0 Å². The first-order valence-corrected chi connectivity index (χ1v) is 6.67. The van der Waals surface area contributed by atoms with Gasteiger partial charge in [0.05, 0.1) is 5.56 Å². The summed E-state index contributed by atoms with van der Waals surface area (Å²) in [4.78, 5) is 1.99. The van der Waals surface area contributed by atoms with Gasteiger partial charge in [0.1, 0.15) is 0 Å². The maximum atomic E-state index is 12.7. The zero-order chi connectivity index (χ0) is 15.5. The molecule has 2 N–H and O–H groups in total. The van der Waals surface area contributed by atoms with Crippen LogP contribution in [0.4, 0.5) is 24.5 Å². The van der Waals surface area contributed by atoms with Gasteiger partial charge >= 0.3 is 6.18 Å². The van der Waals surface area contributed by atoms with E-state index in [1.54, 1.807) is 18.2 Å². The molecule has 112 valence electrons. The Balaban J connectivity index is 2.21. The summed E-state index contributed by atoms with van der Waals surface area (Å²) in [6.07, 6.45) is -4.31. The van der Waals surface area contributed by atoms with Gasteiger partial charge in [-0.1, -0.05) is 12.1 Å². The lowest BCUT2D eigenvalue weighted by molar-refractivity contribution is -0.137. The largest absolute Gasteiger partial charge is 0.416 e. The Kier molecular flexibility index (Phi) is 4.40. The van der Waals surface area contributed by atoms with Gasteiger partial charge < -0.3 is 10.6 Å². The molecule has 5 heteroatoms. The van der Waals surface area contributed by atoms with Crippen LogP contribution in [0.15, 0.2) is 48.5 Å². The van der Waals surface area contributed by atoms with Crippen LogP contribution in [0.3, 0.4) is 0 Å². The highest BCUT2D eigenvalue weighted by atomic mass is 19.4. The van der Waals surface area contributed by atoms with Crippen molar-refractivity contribution >= 4 is 11.4 Å². The second kappa shape index (κ2) is 6.08. The van der Waals surface area contributed by atoms with E-state index in [9.17, 15) is 13.2 Å². The van der Waals surface area contributed by atoms with Crippen molar-refractivity contribution in [3.8, 4) is 0 Å². The number of alkyl halides is 3. The number of hydrogen-bond acceptors (Lipinski definition) is 2. The molecule has 2 aromatic rings. The second-order valence-corrected chi connectivity index (χ2v) is 4.80. The molecule has 2 nitrogen and oxygen atoms in total. The first-order chi connectivity index (χ1) is 9.90. The van der Waals surface area contributed by atoms with Crippen molar-refractivity contribution < 1.29 is 13.2 Å². The SMILES string of the molecule is CCN(Cc1cccc(C(F)(F)F)c1)c1ccc(N)cc1. The predicted octanol–water partition coefficient (Wildman–Crippen LogP) is 4.31. The average Bonchev–Trinajstić information content (AvgIpc) is 2.45. The molecule has 0 aliphatic heterocycles. The van der Waals surface area contributed by atoms with Crippen LogP contribution in [0.1, 0.15) is 18.1 Å². The van der Waals surface area contributed by atoms with Crippen LogP contribution in [-0.2, 0) is 12.7 Å². The maximum Gasteiger partial charge on any atom is 0.416 e. The third-order valence-corrected chi connectivity index (χ3v) is 3.27. The van der Waals surface area contributed by atoms with Crippen LogP contribution in [0.25, 0.3) is 0 Å². The molecule has 0 bridgehead atoms. The minimum atomic E-state index is -4.31. The minimum Gasteiger partial charge on any atom is -0.399 e. The maximum absolute atomic E-state index is 12.7. The number of nitrogens with zero attached hydrogens (tertiary/aromatic N) is 1. The molecule has 0 amide bonds. The molecule has 0 atom stereocenters. The van der Waals surface area contributed by atoms with Crippen molar-refractivity contribution in [1.29, 1.82) is 0 Å². The van der Waals surface area contributed by atoms with E-state index in [0.29, 0.717) is 24.3 Å². The van der Waals surface area contributed by atoms with E-state index in [-0.39, 0.29) is 0 Å². The molecule has 0 fully saturated rings. The summed E-state index contributed by atoms with van der Waals surface area (Å²) in [5.74, 6) is 0. The summed E-state index contributed by atoms with van der Waals surface area (Å²) in [7, 11) is 0. The Morgan fingerprint density at radius 3 is 2.29 bits per heavy atom. The zero-order valence-electron chi connectivity index (χ0n) is 11.7. The highest BCUT2D eigenvalue weighted by Crippen LogP contribution is 2.30. The molecular weight excluding hydrogens is 277 g/mol. The van der Waals surface area contributed by atoms with Crippen LogP contribution in [-0.4, -0.2) is 6.54 Å². The number of halogens is 3. The van der Waals surface area contributed by atoms with Crippen molar-refractivity contribution in [2.75, 3.05) is 17.2 Å². The summed E-state index contributed by atoms with van der Waals surface area (Å²) in [5.41, 5.74) is 7.25. The van der Waals surface area contributed by atoms with Gasteiger partial charge in [0, 0.05) is 24.5 Å². The van der Waals surface area contributed by atoms with Gasteiger partial charge in [-0.2, -0.15) is 13.2 Å². The fourth-order valence-corrected chi connectivity index (χ4v) is 2.14.